The first kappa shape index (κ1) is 15.0. The number of benzene rings is 1. The molecule has 0 bridgehead atoms. The molecular weight excluding hydrogens is 320 g/mol. The topological polar surface area (TPSA) is 49.4 Å². The van der Waals surface area contributed by atoms with E-state index in [4.69, 9.17) is 0 Å². The summed E-state index contributed by atoms with van der Waals surface area (Å²) in [6, 6.07) is 5.55. The van der Waals surface area contributed by atoms with Gasteiger partial charge in [-0.15, -0.1) is 0 Å². The van der Waals surface area contributed by atoms with Crippen molar-refractivity contribution in [3.63, 3.8) is 0 Å². The number of likely N-dealkylation sites (tertiary alicyclic amines) is 1. The number of nitrogens with zero attached hydrogens (tertiary/aromatic N) is 1. The number of carbonyl (C=O) groups excluding carboxylic acids is 2. The van der Waals surface area contributed by atoms with Gasteiger partial charge in [0.25, 0.3) is 5.91 Å². The van der Waals surface area contributed by atoms with Crippen LogP contribution < -0.4 is 5.32 Å². The van der Waals surface area contributed by atoms with Crippen LogP contribution >= 0.6 is 15.9 Å². The fourth-order valence-corrected chi connectivity index (χ4v) is 2.71. The van der Waals surface area contributed by atoms with Crippen molar-refractivity contribution in [2.75, 3.05) is 19.6 Å². The average Bonchev–Trinajstić information content (AvgIpc) is 2.47. The third-order valence-electron chi connectivity index (χ3n) is 3.55. The Morgan fingerprint density at radius 2 is 1.95 bits per heavy atom. The van der Waals surface area contributed by atoms with Gasteiger partial charge in [0.15, 0.2) is 0 Å². The molecule has 0 atom stereocenters. The number of nitrogens with one attached hydrogen (secondary N) is 1. The van der Waals surface area contributed by atoms with Gasteiger partial charge in [0, 0.05) is 23.1 Å². The Labute approximate surface area is 127 Å². The Hall–Kier alpha value is -1.36. The SMILES string of the molecule is Cc1ccc(Br)cc1C(=O)NCC(=O)N1CCCCC1. The van der Waals surface area contributed by atoms with E-state index in [0.717, 1.165) is 36.0 Å². The van der Waals surface area contributed by atoms with E-state index in [0.29, 0.717) is 5.56 Å². The Morgan fingerprint density at radius 1 is 1.25 bits per heavy atom. The molecule has 5 heteroatoms. The average molecular weight is 339 g/mol. The van der Waals surface area contributed by atoms with E-state index in [2.05, 4.69) is 21.2 Å². The zero-order valence-corrected chi connectivity index (χ0v) is 13.2. The normalized spacial score (nSPS) is 15.0. The lowest BCUT2D eigenvalue weighted by atomic mass is 10.1. The van der Waals surface area contributed by atoms with Crippen LogP contribution in [0.3, 0.4) is 0 Å². The number of piperidine rings is 1. The molecule has 0 unspecified atom stereocenters. The second-order valence-corrected chi connectivity index (χ2v) is 6.00. The minimum atomic E-state index is -0.200. The maximum Gasteiger partial charge on any atom is 0.252 e. The lowest BCUT2D eigenvalue weighted by Gasteiger charge is -2.26. The summed E-state index contributed by atoms with van der Waals surface area (Å²) < 4.78 is 0.857. The van der Waals surface area contributed by atoms with Crippen LogP contribution in [0.15, 0.2) is 22.7 Å². The van der Waals surface area contributed by atoms with Crippen molar-refractivity contribution in [1.29, 1.82) is 0 Å². The molecular formula is C15H19BrN2O2. The largest absolute Gasteiger partial charge is 0.343 e. The van der Waals surface area contributed by atoms with Gasteiger partial charge in [0.05, 0.1) is 6.54 Å². The Morgan fingerprint density at radius 3 is 2.65 bits per heavy atom. The van der Waals surface area contributed by atoms with Crippen LogP contribution in [0.4, 0.5) is 0 Å². The molecule has 1 aromatic rings. The zero-order valence-electron chi connectivity index (χ0n) is 11.6. The minimum Gasteiger partial charge on any atom is -0.343 e. The van der Waals surface area contributed by atoms with Crippen LogP contribution in [0.2, 0.25) is 0 Å². The molecule has 4 nitrogen and oxygen atoms in total. The van der Waals surface area contributed by atoms with E-state index in [9.17, 15) is 9.59 Å². The van der Waals surface area contributed by atoms with E-state index >= 15 is 0 Å². The molecule has 1 heterocycles. The van der Waals surface area contributed by atoms with E-state index in [1.807, 2.05) is 24.0 Å². The predicted molar refractivity (Wildman–Crippen MR) is 81.6 cm³/mol. The standard InChI is InChI=1S/C15H19BrN2O2/c1-11-5-6-12(16)9-13(11)15(20)17-10-14(19)18-7-3-2-4-8-18/h5-6,9H,2-4,7-8,10H2,1H3,(H,17,20). The van der Waals surface area contributed by atoms with Crippen LogP contribution in [0.25, 0.3) is 0 Å². The van der Waals surface area contributed by atoms with Crippen molar-refractivity contribution in [3.05, 3.63) is 33.8 Å². The highest BCUT2D eigenvalue weighted by atomic mass is 79.9. The molecule has 0 aliphatic carbocycles. The minimum absolute atomic E-state index is 0.00528. The molecule has 1 saturated heterocycles. The molecule has 20 heavy (non-hydrogen) atoms. The molecule has 2 rings (SSSR count). The van der Waals surface area contributed by atoms with Gasteiger partial charge in [-0.2, -0.15) is 0 Å². The van der Waals surface area contributed by atoms with Crippen LogP contribution in [0.5, 0.6) is 0 Å². The Kier molecular flexibility index (Phi) is 5.17. The lowest BCUT2D eigenvalue weighted by molar-refractivity contribution is -0.130. The number of aryl methyl sites for hydroxylation is 1. The first-order valence-corrected chi connectivity index (χ1v) is 7.69. The van der Waals surface area contributed by atoms with Gasteiger partial charge in [-0.3, -0.25) is 9.59 Å². The second kappa shape index (κ2) is 6.88. The Balaban J connectivity index is 1.91. The Bertz CT molecular complexity index is 511. The first-order chi connectivity index (χ1) is 9.58. The maximum atomic E-state index is 12.1. The second-order valence-electron chi connectivity index (χ2n) is 5.08. The molecule has 108 valence electrons. The van der Waals surface area contributed by atoms with Crippen molar-refractivity contribution in [3.8, 4) is 0 Å². The number of hydrogen-bond acceptors (Lipinski definition) is 2. The summed E-state index contributed by atoms with van der Waals surface area (Å²) in [5, 5.41) is 2.71. The summed E-state index contributed by atoms with van der Waals surface area (Å²) >= 11 is 3.35. The molecule has 1 aromatic carbocycles. The smallest absolute Gasteiger partial charge is 0.252 e. The molecule has 0 spiro atoms. The van der Waals surface area contributed by atoms with E-state index < -0.39 is 0 Å². The highest BCUT2D eigenvalue weighted by Gasteiger charge is 2.17. The van der Waals surface area contributed by atoms with Crippen molar-refractivity contribution >= 4 is 27.7 Å². The molecule has 1 fully saturated rings. The van der Waals surface area contributed by atoms with Gasteiger partial charge in [0.2, 0.25) is 5.91 Å². The van der Waals surface area contributed by atoms with Crippen molar-refractivity contribution in [2.24, 2.45) is 0 Å². The fourth-order valence-electron chi connectivity index (χ4n) is 2.35. The van der Waals surface area contributed by atoms with Gasteiger partial charge in [-0.05, 0) is 43.9 Å². The summed E-state index contributed by atoms with van der Waals surface area (Å²) in [5.74, 6) is -0.195. The van der Waals surface area contributed by atoms with Crippen LogP contribution in [0.1, 0.15) is 35.2 Å². The van der Waals surface area contributed by atoms with Crippen LogP contribution in [-0.2, 0) is 4.79 Å². The molecule has 0 radical (unpaired) electrons. The summed E-state index contributed by atoms with van der Waals surface area (Å²) in [6.45, 7) is 3.58. The molecule has 0 aromatic heterocycles. The van der Waals surface area contributed by atoms with Gasteiger partial charge in [-0.25, -0.2) is 0 Å². The molecule has 0 saturated carbocycles. The maximum absolute atomic E-state index is 12.1. The summed E-state index contributed by atoms with van der Waals surface area (Å²) in [5.41, 5.74) is 1.50. The third kappa shape index (κ3) is 3.82. The van der Waals surface area contributed by atoms with Crippen molar-refractivity contribution in [2.45, 2.75) is 26.2 Å². The van der Waals surface area contributed by atoms with Gasteiger partial charge < -0.3 is 10.2 Å². The fraction of sp³-hybridized carbons (Fsp3) is 0.467. The lowest BCUT2D eigenvalue weighted by Crippen LogP contribution is -2.42. The van der Waals surface area contributed by atoms with E-state index in [-0.39, 0.29) is 18.4 Å². The summed E-state index contributed by atoms with van der Waals surface area (Å²) in [4.78, 5) is 25.9. The van der Waals surface area contributed by atoms with Gasteiger partial charge in [-0.1, -0.05) is 22.0 Å². The molecule has 1 aliphatic heterocycles. The number of carbonyl (C=O) groups is 2. The third-order valence-corrected chi connectivity index (χ3v) is 4.05. The summed E-state index contributed by atoms with van der Waals surface area (Å²) in [7, 11) is 0. The van der Waals surface area contributed by atoms with E-state index in [1.165, 1.54) is 6.42 Å². The van der Waals surface area contributed by atoms with Crippen LogP contribution in [0, 0.1) is 6.92 Å². The summed E-state index contributed by atoms with van der Waals surface area (Å²) in [6.07, 6.45) is 3.31. The number of hydrogen-bond donors (Lipinski definition) is 1. The van der Waals surface area contributed by atoms with Gasteiger partial charge in [0.1, 0.15) is 0 Å². The monoisotopic (exact) mass is 338 g/mol. The van der Waals surface area contributed by atoms with Crippen molar-refractivity contribution in [1.82, 2.24) is 10.2 Å². The van der Waals surface area contributed by atoms with Crippen molar-refractivity contribution < 1.29 is 9.59 Å². The van der Waals surface area contributed by atoms with Crippen LogP contribution in [-0.4, -0.2) is 36.3 Å². The highest BCUT2D eigenvalue weighted by molar-refractivity contribution is 9.10. The molecule has 2 amide bonds. The molecule has 1 aliphatic rings. The number of rotatable bonds is 3. The van der Waals surface area contributed by atoms with Gasteiger partial charge >= 0.3 is 0 Å². The van der Waals surface area contributed by atoms with E-state index in [1.54, 1.807) is 6.07 Å². The zero-order chi connectivity index (χ0) is 14.5. The first-order valence-electron chi connectivity index (χ1n) is 6.90. The number of halogens is 1. The highest BCUT2D eigenvalue weighted by Crippen LogP contribution is 2.16. The quantitative estimate of drug-likeness (QED) is 0.920. The predicted octanol–water partition coefficient (Wildman–Crippen LogP) is 2.50. The number of amides is 2. The molecule has 1 N–H and O–H groups in total.